The van der Waals surface area contributed by atoms with Crippen molar-refractivity contribution in [2.75, 3.05) is 13.7 Å². The molecule has 4 nitrogen and oxygen atoms in total. The molecule has 18 heavy (non-hydrogen) atoms. The van der Waals surface area contributed by atoms with Crippen molar-refractivity contribution in [3.63, 3.8) is 0 Å². The second-order valence-electron chi connectivity index (χ2n) is 3.55. The van der Waals surface area contributed by atoms with Crippen LogP contribution in [0, 0.1) is 0 Å². The van der Waals surface area contributed by atoms with Gasteiger partial charge in [-0.05, 0) is 30.7 Å². The van der Waals surface area contributed by atoms with Crippen LogP contribution < -0.4 is 4.74 Å². The van der Waals surface area contributed by atoms with Crippen LogP contribution in [0.3, 0.4) is 0 Å². The van der Waals surface area contributed by atoms with Crippen LogP contribution in [0.4, 0.5) is 0 Å². The molecule has 0 unspecified atom stereocenters. The average molecular weight is 248 g/mol. The zero-order valence-electron chi connectivity index (χ0n) is 10.5. The molecule has 0 fully saturated rings. The Kier molecular flexibility index (Phi) is 5.64. The molecule has 96 valence electrons. The van der Waals surface area contributed by atoms with Gasteiger partial charge in [0.2, 0.25) is 0 Å². The zero-order valence-corrected chi connectivity index (χ0v) is 10.5. The predicted molar refractivity (Wildman–Crippen MR) is 68.3 cm³/mol. The third kappa shape index (κ3) is 4.82. The molecule has 0 saturated heterocycles. The highest BCUT2D eigenvalue weighted by Gasteiger charge is 2.06. The van der Waals surface area contributed by atoms with E-state index in [4.69, 9.17) is 4.74 Å². The molecule has 1 aromatic rings. The summed E-state index contributed by atoms with van der Waals surface area (Å²) in [6.07, 6.45) is 2.81. The van der Waals surface area contributed by atoms with Gasteiger partial charge in [-0.2, -0.15) is 0 Å². The first-order chi connectivity index (χ1) is 8.65. The second kappa shape index (κ2) is 7.27. The number of benzene rings is 1. The van der Waals surface area contributed by atoms with Gasteiger partial charge in [-0.1, -0.05) is 18.2 Å². The number of hydrogen-bond donors (Lipinski definition) is 0. The van der Waals surface area contributed by atoms with Gasteiger partial charge >= 0.3 is 5.97 Å². The van der Waals surface area contributed by atoms with Gasteiger partial charge in [-0.3, -0.25) is 9.59 Å². The molecule has 0 atom stereocenters. The Morgan fingerprint density at radius 3 is 2.44 bits per heavy atom. The summed E-state index contributed by atoms with van der Waals surface area (Å²) in [5.41, 5.74) is 0.869. The SMILES string of the molecule is CCOC(=O)CC(=O)/C=C/c1ccc(OC)cc1. The second-order valence-corrected chi connectivity index (χ2v) is 3.55. The number of carbonyl (C=O) groups is 2. The topological polar surface area (TPSA) is 52.6 Å². The van der Waals surface area contributed by atoms with Gasteiger partial charge in [-0.25, -0.2) is 0 Å². The van der Waals surface area contributed by atoms with E-state index >= 15 is 0 Å². The molecule has 0 bridgehead atoms. The molecule has 0 aromatic heterocycles. The molecule has 0 aliphatic rings. The van der Waals surface area contributed by atoms with Crippen molar-refractivity contribution in [2.45, 2.75) is 13.3 Å². The van der Waals surface area contributed by atoms with Gasteiger partial charge in [0.05, 0.1) is 13.7 Å². The summed E-state index contributed by atoms with van der Waals surface area (Å²) in [7, 11) is 1.59. The highest BCUT2D eigenvalue weighted by atomic mass is 16.5. The van der Waals surface area contributed by atoms with Gasteiger partial charge in [0.25, 0.3) is 0 Å². The molecule has 1 aromatic carbocycles. The van der Waals surface area contributed by atoms with E-state index in [-0.39, 0.29) is 18.8 Å². The fourth-order valence-electron chi connectivity index (χ4n) is 1.32. The van der Waals surface area contributed by atoms with Crippen molar-refractivity contribution in [3.8, 4) is 5.75 Å². The van der Waals surface area contributed by atoms with Crippen LogP contribution >= 0.6 is 0 Å². The number of hydrogen-bond acceptors (Lipinski definition) is 4. The van der Waals surface area contributed by atoms with Crippen LogP contribution in [-0.4, -0.2) is 25.5 Å². The quantitative estimate of drug-likeness (QED) is 0.440. The summed E-state index contributed by atoms with van der Waals surface area (Å²) in [6.45, 7) is 1.99. The number of ether oxygens (including phenoxy) is 2. The maximum Gasteiger partial charge on any atom is 0.313 e. The normalized spacial score (nSPS) is 10.3. The minimum Gasteiger partial charge on any atom is -0.497 e. The number of allylic oxidation sites excluding steroid dienone is 1. The van der Waals surface area contributed by atoms with E-state index in [9.17, 15) is 9.59 Å². The fraction of sp³-hybridized carbons (Fsp3) is 0.286. The van der Waals surface area contributed by atoms with E-state index < -0.39 is 5.97 Å². The van der Waals surface area contributed by atoms with Crippen LogP contribution in [0.25, 0.3) is 6.08 Å². The Morgan fingerprint density at radius 1 is 1.22 bits per heavy atom. The van der Waals surface area contributed by atoms with Gasteiger partial charge in [0.1, 0.15) is 12.2 Å². The first-order valence-corrected chi connectivity index (χ1v) is 5.66. The molecule has 0 radical (unpaired) electrons. The lowest BCUT2D eigenvalue weighted by Gasteiger charge is -1.99. The van der Waals surface area contributed by atoms with Crippen molar-refractivity contribution < 1.29 is 19.1 Å². The van der Waals surface area contributed by atoms with Gasteiger partial charge < -0.3 is 9.47 Å². The Labute approximate surface area is 106 Å². The number of ketones is 1. The third-order valence-corrected chi connectivity index (χ3v) is 2.20. The van der Waals surface area contributed by atoms with Crippen LogP contribution in [0.15, 0.2) is 30.3 Å². The lowest BCUT2D eigenvalue weighted by atomic mass is 10.1. The summed E-state index contributed by atoms with van der Waals surface area (Å²) in [4.78, 5) is 22.5. The number of rotatable bonds is 6. The average Bonchev–Trinajstić information content (AvgIpc) is 2.37. The first kappa shape index (κ1) is 14.0. The number of esters is 1. The molecule has 0 aliphatic carbocycles. The Balaban J connectivity index is 2.52. The molecule has 0 amide bonds. The van der Waals surface area contributed by atoms with Crippen molar-refractivity contribution in [1.82, 2.24) is 0 Å². The highest BCUT2D eigenvalue weighted by Crippen LogP contribution is 2.12. The smallest absolute Gasteiger partial charge is 0.313 e. The maximum absolute atomic E-state index is 11.4. The van der Waals surface area contributed by atoms with Crippen molar-refractivity contribution in [2.24, 2.45) is 0 Å². The molecule has 0 aliphatic heterocycles. The first-order valence-electron chi connectivity index (χ1n) is 5.66. The third-order valence-electron chi connectivity index (χ3n) is 2.20. The van der Waals surface area contributed by atoms with E-state index in [0.29, 0.717) is 0 Å². The lowest BCUT2D eigenvalue weighted by molar-refractivity contribution is -0.144. The number of methoxy groups -OCH3 is 1. The summed E-state index contributed by atoms with van der Waals surface area (Å²) >= 11 is 0. The summed E-state index contributed by atoms with van der Waals surface area (Å²) < 4.78 is 9.71. The predicted octanol–water partition coefficient (Wildman–Crippen LogP) is 2.23. The highest BCUT2D eigenvalue weighted by molar-refractivity contribution is 6.03. The van der Waals surface area contributed by atoms with Crippen LogP contribution in [0.2, 0.25) is 0 Å². The van der Waals surface area contributed by atoms with E-state index in [1.807, 2.05) is 12.1 Å². The molecular formula is C14H16O4. The molecule has 0 saturated carbocycles. The monoisotopic (exact) mass is 248 g/mol. The van der Waals surface area contributed by atoms with Crippen LogP contribution in [-0.2, 0) is 14.3 Å². The summed E-state index contributed by atoms with van der Waals surface area (Å²) in [5.74, 6) is -0.0175. The van der Waals surface area contributed by atoms with Gasteiger partial charge in [0.15, 0.2) is 5.78 Å². The van der Waals surface area contributed by atoms with Crippen molar-refractivity contribution in [1.29, 1.82) is 0 Å². The van der Waals surface area contributed by atoms with E-state index in [2.05, 4.69) is 4.74 Å². The Hall–Kier alpha value is -2.10. The summed E-state index contributed by atoms with van der Waals surface area (Å²) in [5, 5.41) is 0. The standard InChI is InChI=1S/C14H16O4/c1-3-18-14(16)10-12(15)7-4-11-5-8-13(17-2)9-6-11/h4-9H,3,10H2,1-2H3/b7-4+. The van der Waals surface area contributed by atoms with Gasteiger partial charge in [0, 0.05) is 0 Å². The Morgan fingerprint density at radius 2 is 1.89 bits per heavy atom. The molecule has 1 rings (SSSR count). The minimum atomic E-state index is -0.498. The lowest BCUT2D eigenvalue weighted by Crippen LogP contribution is -2.08. The minimum absolute atomic E-state index is 0.222. The number of carbonyl (C=O) groups excluding carboxylic acids is 2. The largest absolute Gasteiger partial charge is 0.497 e. The van der Waals surface area contributed by atoms with Gasteiger partial charge in [-0.15, -0.1) is 0 Å². The molecule has 0 heterocycles. The van der Waals surface area contributed by atoms with E-state index in [0.717, 1.165) is 11.3 Å². The summed E-state index contributed by atoms with van der Waals surface area (Å²) in [6, 6.07) is 7.25. The fourth-order valence-corrected chi connectivity index (χ4v) is 1.32. The van der Waals surface area contributed by atoms with E-state index in [1.54, 1.807) is 32.2 Å². The van der Waals surface area contributed by atoms with Crippen molar-refractivity contribution in [3.05, 3.63) is 35.9 Å². The van der Waals surface area contributed by atoms with E-state index in [1.165, 1.54) is 6.08 Å². The van der Waals surface area contributed by atoms with Crippen LogP contribution in [0.5, 0.6) is 5.75 Å². The zero-order chi connectivity index (χ0) is 13.4. The molecule has 0 N–H and O–H groups in total. The van der Waals surface area contributed by atoms with Crippen LogP contribution in [0.1, 0.15) is 18.9 Å². The molecular weight excluding hydrogens is 232 g/mol. The molecule has 0 spiro atoms. The Bertz CT molecular complexity index is 432. The maximum atomic E-state index is 11.4. The van der Waals surface area contributed by atoms with Crippen molar-refractivity contribution >= 4 is 17.8 Å². The molecule has 4 heteroatoms.